The largest absolute Gasteiger partial charge is 0.495 e. The summed E-state index contributed by atoms with van der Waals surface area (Å²) in [5, 5.41) is 2.94. The summed E-state index contributed by atoms with van der Waals surface area (Å²) in [6, 6.07) is 15.8. The van der Waals surface area contributed by atoms with Gasteiger partial charge in [-0.3, -0.25) is 9.78 Å². The Kier molecular flexibility index (Phi) is 7.62. The minimum atomic E-state index is -4.02. The molecule has 31 heavy (non-hydrogen) atoms. The molecule has 1 aromatic heterocycles. The second kappa shape index (κ2) is 10.4. The summed E-state index contributed by atoms with van der Waals surface area (Å²) in [5.41, 5.74) is 1.67. The van der Waals surface area contributed by atoms with Crippen molar-refractivity contribution in [2.75, 3.05) is 7.11 Å². The van der Waals surface area contributed by atoms with E-state index in [4.69, 9.17) is 16.3 Å². The highest BCUT2D eigenvalue weighted by molar-refractivity contribution is 7.89. The third-order valence-corrected chi connectivity index (χ3v) is 6.31. The van der Waals surface area contributed by atoms with Crippen molar-refractivity contribution in [2.45, 2.75) is 23.9 Å². The number of amides is 1. The van der Waals surface area contributed by atoms with E-state index in [1.54, 1.807) is 24.5 Å². The molecule has 0 saturated heterocycles. The number of hydrogen-bond donors (Lipinski definition) is 2. The Labute approximate surface area is 186 Å². The maximum Gasteiger partial charge on any atom is 0.241 e. The number of carbonyl (C=O) groups excluding carboxylic acids is 1. The van der Waals surface area contributed by atoms with Crippen molar-refractivity contribution < 1.29 is 17.9 Å². The van der Waals surface area contributed by atoms with Crippen molar-refractivity contribution in [3.8, 4) is 5.75 Å². The maximum atomic E-state index is 13.0. The first-order chi connectivity index (χ1) is 14.9. The lowest BCUT2D eigenvalue weighted by molar-refractivity contribution is -0.122. The zero-order valence-corrected chi connectivity index (χ0v) is 18.4. The molecule has 3 aromatic rings. The lowest BCUT2D eigenvalue weighted by atomic mass is 10.1. The SMILES string of the molecule is COc1ccc(S(=O)(=O)N[C@H](Cc2ccccc2)C(=O)NCc2ccncc2)cc1Cl. The Morgan fingerprint density at radius 2 is 1.77 bits per heavy atom. The Balaban J connectivity index is 1.81. The van der Waals surface area contributed by atoms with E-state index in [-0.39, 0.29) is 22.9 Å². The van der Waals surface area contributed by atoms with Crippen LogP contribution in [0.25, 0.3) is 0 Å². The Morgan fingerprint density at radius 3 is 2.42 bits per heavy atom. The number of nitrogens with one attached hydrogen (secondary N) is 2. The second-order valence-corrected chi connectivity index (χ2v) is 8.85. The number of ether oxygens (including phenoxy) is 1. The first-order valence-corrected chi connectivity index (χ1v) is 11.3. The molecule has 0 unspecified atom stereocenters. The molecule has 7 nitrogen and oxygen atoms in total. The fourth-order valence-electron chi connectivity index (χ4n) is 2.92. The molecule has 0 spiro atoms. The van der Waals surface area contributed by atoms with Gasteiger partial charge in [-0.1, -0.05) is 41.9 Å². The molecule has 1 amide bonds. The Morgan fingerprint density at radius 1 is 1.06 bits per heavy atom. The van der Waals surface area contributed by atoms with Crippen molar-refractivity contribution >= 4 is 27.5 Å². The monoisotopic (exact) mass is 459 g/mol. The number of carbonyl (C=O) groups is 1. The summed E-state index contributed by atoms with van der Waals surface area (Å²) < 4.78 is 33.5. The third kappa shape index (κ3) is 6.27. The maximum absolute atomic E-state index is 13.0. The van der Waals surface area contributed by atoms with Crippen molar-refractivity contribution in [2.24, 2.45) is 0 Å². The predicted octanol–water partition coefficient (Wildman–Crippen LogP) is 2.95. The van der Waals surface area contributed by atoms with Crippen LogP contribution in [-0.2, 0) is 27.8 Å². The summed E-state index contributed by atoms with van der Waals surface area (Å²) in [7, 11) is -2.57. The number of benzene rings is 2. The quantitative estimate of drug-likeness (QED) is 0.512. The molecule has 162 valence electrons. The van der Waals surface area contributed by atoms with Crippen molar-refractivity contribution in [1.82, 2.24) is 15.0 Å². The molecule has 3 rings (SSSR count). The average Bonchev–Trinajstić information content (AvgIpc) is 2.78. The van der Waals surface area contributed by atoms with Gasteiger partial charge < -0.3 is 10.1 Å². The minimum Gasteiger partial charge on any atom is -0.495 e. The van der Waals surface area contributed by atoms with Gasteiger partial charge in [0, 0.05) is 18.9 Å². The van der Waals surface area contributed by atoms with Gasteiger partial charge in [0.25, 0.3) is 0 Å². The Bertz CT molecular complexity index is 1130. The van der Waals surface area contributed by atoms with E-state index in [0.29, 0.717) is 5.75 Å². The fourth-order valence-corrected chi connectivity index (χ4v) is 4.46. The molecule has 0 saturated carbocycles. The van der Waals surface area contributed by atoms with E-state index in [2.05, 4.69) is 15.0 Å². The average molecular weight is 460 g/mol. The van der Waals surface area contributed by atoms with E-state index < -0.39 is 22.0 Å². The number of rotatable bonds is 9. The lowest BCUT2D eigenvalue weighted by Crippen LogP contribution is -2.47. The molecule has 1 heterocycles. The van der Waals surface area contributed by atoms with Crippen LogP contribution < -0.4 is 14.8 Å². The van der Waals surface area contributed by atoms with E-state index in [1.807, 2.05) is 30.3 Å². The van der Waals surface area contributed by atoms with Crippen LogP contribution in [0.3, 0.4) is 0 Å². The molecule has 0 aliphatic carbocycles. The van der Waals surface area contributed by atoms with E-state index >= 15 is 0 Å². The summed E-state index contributed by atoms with van der Waals surface area (Å²) in [5.74, 6) is -0.0830. The summed E-state index contributed by atoms with van der Waals surface area (Å²) in [6.07, 6.45) is 3.43. The number of pyridine rings is 1. The number of hydrogen-bond acceptors (Lipinski definition) is 5. The van der Waals surface area contributed by atoms with Gasteiger partial charge in [-0.2, -0.15) is 4.72 Å². The predicted molar refractivity (Wildman–Crippen MR) is 118 cm³/mol. The van der Waals surface area contributed by atoms with Crippen molar-refractivity contribution in [1.29, 1.82) is 0 Å². The smallest absolute Gasteiger partial charge is 0.241 e. The first-order valence-electron chi connectivity index (χ1n) is 9.45. The normalized spacial score (nSPS) is 12.2. The molecule has 2 N–H and O–H groups in total. The number of nitrogens with zero attached hydrogens (tertiary/aromatic N) is 1. The molecule has 2 aromatic carbocycles. The van der Waals surface area contributed by atoms with Gasteiger partial charge in [-0.15, -0.1) is 0 Å². The molecule has 0 radical (unpaired) electrons. The van der Waals surface area contributed by atoms with Gasteiger partial charge in [-0.25, -0.2) is 8.42 Å². The highest BCUT2D eigenvalue weighted by atomic mass is 35.5. The van der Waals surface area contributed by atoms with Crippen LogP contribution in [0.15, 0.2) is 78.0 Å². The van der Waals surface area contributed by atoms with Crippen LogP contribution in [0.4, 0.5) is 0 Å². The van der Waals surface area contributed by atoms with Gasteiger partial charge in [0.2, 0.25) is 15.9 Å². The van der Waals surface area contributed by atoms with E-state index in [9.17, 15) is 13.2 Å². The van der Waals surface area contributed by atoms with Crippen LogP contribution in [0.1, 0.15) is 11.1 Å². The van der Waals surface area contributed by atoms with Gasteiger partial charge in [0.1, 0.15) is 11.8 Å². The van der Waals surface area contributed by atoms with Crippen LogP contribution in [0, 0.1) is 0 Å². The fraction of sp³-hybridized carbons (Fsp3) is 0.182. The van der Waals surface area contributed by atoms with Crippen LogP contribution in [-0.4, -0.2) is 32.5 Å². The zero-order chi connectivity index (χ0) is 22.3. The highest BCUT2D eigenvalue weighted by Gasteiger charge is 2.26. The zero-order valence-electron chi connectivity index (χ0n) is 16.8. The van der Waals surface area contributed by atoms with E-state index in [0.717, 1.165) is 11.1 Å². The number of sulfonamides is 1. The molecule has 0 aliphatic rings. The topological polar surface area (TPSA) is 97.4 Å². The molecule has 9 heteroatoms. The number of methoxy groups -OCH3 is 1. The molecule has 0 aliphatic heterocycles. The minimum absolute atomic E-state index is 0.0571. The summed E-state index contributed by atoms with van der Waals surface area (Å²) in [4.78, 5) is 16.8. The van der Waals surface area contributed by atoms with Crippen molar-refractivity contribution in [3.63, 3.8) is 0 Å². The second-order valence-electron chi connectivity index (χ2n) is 6.73. The van der Waals surface area contributed by atoms with Crippen LogP contribution in [0.2, 0.25) is 5.02 Å². The molecular formula is C22H22ClN3O4S. The Hall–Kier alpha value is -2.94. The first kappa shape index (κ1) is 22.7. The molecular weight excluding hydrogens is 438 g/mol. The van der Waals surface area contributed by atoms with Gasteiger partial charge in [0.15, 0.2) is 0 Å². The van der Waals surface area contributed by atoms with Crippen LogP contribution in [0.5, 0.6) is 5.75 Å². The third-order valence-electron chi connectivity index (χ3n) is 4.55. The van der Waals surface area contributed by atoms with E-state index in [1.165, 1.54) is 25.3 Å². The summed E-state index contributed by atoms with van der Waals surface area (Å²) >= 11 is 6.08. The van der Waals surface area contributed by atoms with Gasteiger partial charge in [-0.05, 0) is 47.9 Å². The summed E-state index contributed by atoms with van der Waals surface area (Å²) in [6.45, 7) is 0.253. The van der Waals surface area contributed by atoms with Gasteiger partial charge >= 0.3 is 0 Å². The molecule has 0 fully saturated rings. The number of aromatic nitrogens is 1. The lowest BCUT2D eigenvalue weighted by Gasteiger charge is -2.19. The molecule has 0 bridgehead atoms. The van der Waals surface area contributed by atoms with Crippen LogP contribution >= 0.6 is 11.6 Å². The van der Waals surface area contributed by atoms with Crippen molar-refractivity contribution in [3.05, 3.63) is 89.2 Å². The van der Waals surface area contributed by atoms with Gasteiger partial charge in [0.05, 0.1) is 17.0 Å². The molecule has 1 atom stereocenters. The number of halogens is 1. The standard InChI is InChI=1S/C22H22ClN3O4S/c1-30-21-8-7-18(14-19(21)23)31(28,29)26-20(13-16-5-3-2-4-6-16)22(27)25-15-17-9-11-24-12-10-17/h2-12,14,20,26H,13,15H2,1H3,(H,25,27)/t20-/m1/s1. The highest BCUT2D eigenvalue weighted by Crippen LogP contribution is 2.27.